The van der Waals surface area contributed by atoms with Crippen molar-refractivity contribution in [1.29, 1.82) is 0 Å². The number of fused-ring (bicyclic) bond motifs is 2. The third kappa shape index (κ3) is 2.16. The molecule has 0 unspecified atom stereocenters. The molecule has 0 atom stereocenters. The largest absolute Gasteiger partial charge is 0.493 e. The second-order valence-electron chi connectivity index (χ2n) is 5.17. The lowest BCUT2D eigenvalue weighted by molar-refractivity contribution is -0.110. The predicted octanol–water partition coefficient (Wildman–Crippen LogP) is 3.88. The predicted molar refractivity (Wildman–Crippen MR) is 86.3 cm³/mol. The van der Waals surface area contributed by atoms with Crippen molar-refractivity contribution in [2.24, 2.45) is 0 Å². The van der Waals surface area contributed by atoms with E-state index in [1.54, 1.807) is 0 Å². The number of hydrogen-bond acceptors (Lipinski definition) is 2. The molecule has 0 bridgehead atoms. The van der Waals surface area contributed by atoms with Gasteiger partial charge in [-0.25, -0.2) is 0 Å². The van der Waals surface area contributed by atoms with Crippen LogP contribution in [0.5, 0.6) is 5.75 Å². The summed E-state index contributed by atoms with van der Waals surface area (Å²) in [6, 6.07) is 11.9. The molecule has 1 amide bonds. The second-order valence-corrected chi connectivity index (χ2v) is 6.08. The standard InChI is InChI=1S/C17H12BrNO2/c18-12-2-3-13-14(17(20)19-15(13)9-12)8-10-1-4-16-11(7-10)5-6-21-16/h1-4,7-9H,5-6H2,(H,19,20)/b14-8-. The third-order valence-corrected chi connectivity index (χ3v) is 4.28. The van der Waals surface area contributed by atoms with Crippen LogP contribution in [0.15, 0.2) is 40.9 Å². The zero-order valence-electron chi connectivity index (χ0n) is 11.2. The fourth-order valence-electron chi connectivity index (χ4n) is 2.77. The Balaban J connectivity index is 1.78. The summed E-state index contributed by atoms with van der Waals surface area (Å²) in [5.74, 6) is 0.900. The molecular weight excluding hydrogens is 330 g/mol. The lowest BCUT2D eigenvalue weighted by atomic mass is 10.0. The van der Waals surface area contributed by atoms with E-state index in [1.807, 2.05) is 36.4 Å². The maximum atomic E-state index is 12.2. The monoisotopic (exact) mass is 341 g/mol. The van der Waals surface area contributed by atoms with Gasteiger partial charge in [0, 0.05) is 22.0 Å². The number of hydrogen-bond donors (Lipinski definition) is 1. The molecule has 2 heterocycles. The van der Waals surface area contributed by atoms with E-state index in [0.717, 1.165) is 40.1 Å². The van der Waals surface area contributed by atoms with Gasteiger partial charge >= 0.3 is 0 Å². The molecule has 0 aromatic heterocycles. The Bertz CT molecular complexity index is 795. The van der Waals surface area contributed by atoms with E-state index in [-0.39, 0.29) is 5.91 Å². The molecule has 2 aliphatic rings. The molecule has 0 fully saturated rings. The summed E-state index contributed by atoms with van der Waals surface area (Å²) in [7, 11) is 0. The molecule has 2 aliphatic heterocycles. The van der Waals surface area contributed by atoms with E-state index in [2.05, 4.69) is 27.3 Å². The quantitative estimate of drug-likeness (QED) is 0.799. The third-order valence-electron chi connectivity index (χ3n) is 3.79. The first-order chi connectivity index (χ1) is 10.2. The zero-order chi connectivity index (χ0) is 14.4. The van der Waals surface area contributed by atoms with Crippen molar-refractivity contribution in [2.75, 3.05) is 11.9 Å². The van der Waals surface area contributed by atoms with Gasteiger partial charge in [-0.15, -0.1) is 0 Å². The molecule has 0 aliphatic carbocycles. The van der Waals surface area contributed by atoms with Crippen LogP contribution in [0, 0.1) is 0 Å². The maximum Gasteiger partial charge on any atom is 0.256 e. The van der Waals surface area contributed by atoms with Gasteiger partial charge in [0.2, 0.25) is 0 Å². The number of benzene rings is 2. The molecule has 0 spiro atoms. The molecule has 4 rings (SSSR count). The van der Waals surface area contributed by atoms with Crippen LogP contribution in [0.3, 0.4) is 0 Å². The summed E-state index contributed by atoms with van der Waals surface area (Å²) in [6.45, 7) is 0.743. The van der Waals surface area contributed by atoms with Crippen LogP contribution in [0.25, 0.3) is 11.6 Å². The highest BCUT2D eigenvalue weighted by Crippen LogP contribution is 2.35. The minimum Gasteiger partial charge on any atom is -0.493 e. The van der Waals surface area contributed by atoms with Gasteiger partial charge in [0.1, 0.15) is 5.75 Å². The molecule has 2 aromatic rings. The van der Waals surface area contributed by atoms with Crippen molar-refractivity contribution in [1.82, 2.24) is 0 Å². The molecule has 2 aromatic carbocycles. The number of amides is 1. The van der Waals surface area contributed by atoms with Gasteiger partial charge in [-0.2, -0.15) is 0 Å². The average Bonchev–Trinajstić information content (AvgIpc) is 3.03. The Labute approximate surface area is 130 Å². The lowest BCUT2D eigenvalue weighted by Crippen LogP contribution is -2.03. The lowest BCUT2D eigenvalue weighted by Gasteiger charge is -2.02. The number of nitrogens with one attached hydrogen (secondary N) is 1. The fourth-order valence-corrected chi connectivity index (χ4v) is 3.13. The molecular formula is C17H12BrNO2. The zero-order valence-corrected chi connectivity index (χ0v) is 12.7. The number of anilines is 1. The van der Waals surface area contributed by atoms with Gasteiger partial charge < -0.3 is 10.1 Å². The normalized spacial score (nSPS) is 17.4. The Morgan fingerprint density at radius 3 is 3.00 bits per heavy atom. The van der Waals surface area contributed by atoms with E-state index in [1.165, 1.54) is 5.56 Å². The summed E-state index contributed by atoms with van der Waals surface area (Å²) < 4.78 is 6.46. The SMILES string of the molecule is O=C1Nc2cc(Br)ccc2/C1=C/c1ccc2c(c1)CCO2. The fraction of sp³-hybridized carbons (Fsp3) is 0.118. The first kappa shape index (κ1) is 12.7. The van der Waals surface area contributed by atoms with Gasteiger partial charge in [0.15, 0.2) is 0 Å². The molecule has 0 radical (unpaired) electrons. The van der Waals surface area contributed by atoms with Crippen LogP contribution >= 0.6 is 15.9 Å². The van der Waals surface area contributed by atoms with Crippen molar-refractivity contribution in [2.45, 2.75) is 6.42 Å². The first-order valence-electron chi connectivity index (χ1n) is 6.79. The first-order valence-corrected chi connectivity index (χ1v) is 7.59. The van der Waals surface area contributed by atoms with Gasteiger partial charge in [-0.05, 0) is 41.5 Å². The molecule has 3 nitrogen and oxygen atoms in total. The van der Waals surface area contributed by atoms with Crippen LogP contribution in [0.2, 0.25) is 0 Å². The smallest absolute Gasteiger partial charge is 0.256 e. The molecule has 21 heavy (non-hydrogen) atoms. The van der Waals surface area contributed by atoms with Crippen LogP contribution in [-0.2, 0) is 11.2 Å². The highest BCUT2D eigenvalue weighted by molar-refractivity contribution is 9.10. The highest BCUT2D eigenvalue weighted by atomic mass is 79.9. The van der Waals surface area contributed by atoms with Crippen molar-refractivity contribution in [3.05, 3.63) is 57.6 Å². The average molecular weight is 342 g/mol. The summed E-state index contributed by atoms with van der Waals surface area (Å²) in [6.07, 6.45) is 2.87. The van der Waals surface area contributed by atoms with Crippen molar-refractivity contribution in [3.8, 4) is 5.75 Å². The number of carbonyl (C=O) groups excluding carboxylic acids is 1. The van der Waals surface area contributed by atoms with Crippen molar-refractivity contribution < 1.29 is 9.53 Å². The summed E-state index contributed by atoms with van der Waals surface area (Å²) >= 11 is 3.42. The molecule has 0 saturated carbocycles. The van der Waals surface area contributed by atoms with Crippen LogP contribution in [-0.4, -0.2) is 12.5 Å². The molecule has 4 heteroatoms. The van der Waals surface area contributed by atoms with Crippen molar-refractivity contribution >= 4 is 39.2 Å². The van der Waals surface area contributed by atoms with Crippen molar-refractivity contribution in [3.63, 3.8) is 0 Å². The number of halogens is 1. The highest BCUT2D eigenvalue weighted by Gasteiger charge is 2.24. The van der Waals surface area contributed by atoms with Gasteiger partial charge in [-0.3, -0.25) is 4.79 Å². The Morgan fingerprint density at radius 2 is 2.10 bits per heavy atom. The topological polar surface area (TPSA) is 38.3 Å². The molecule has 0 saturated heterocycles. The maximum absolute atomic E-state index is 12.2. The Hall–Kier alpha value is -2.07. The van der Waals surface area contributed by atoms with E-state index >= 15 is 0 Å². The van der Waals surface area contributed by atoms with Gasteiger partial charge in [0.25, 0.3) is 5.91 Å². The number of ether oxygens (including phenoxy) is 1. The number of rotatable bonds is 1. The van der Waals surface area contributed by atoms with E-state index in [4.69, 9.17) is 4.74 Å². The summed E-state index contributed by atoms with van der Waals surface area (Å²) in [5.41, 5.74) is 4.74. The van der Waals surface area contributed by atoms with E-state index < -0.39 is 0 Å². The van der Waals surface area contributed by atoms with E-state index in [9.17, 15) is 4.79 Å². The summed E-state index contributed by atoms with van der Waals surface area (Å²) in [5, 5.41) is 2.90. The van der Waals surface area contributed by atoms with Gasteiger partial charge in [-0.1, -0.05) is 28.1 Å². The number of carbonyl (C=O) groups is 1. The second kappa shape index (κ2) is 4.74. The Morgan fingerprint density at radius 1 is 1.19 bits per heavy atom. The van der Waals surface area contributed by atoms with Crippen LogP contribution in [0.1, 0.15) is 16.7 Å². The molecule has 104 valence electrons. The minimum absolute atomic E-state index is 0.0557. The van der Waals surface area contributed by atoms with Crippen LogP contribution < -0.4 is 10.1 Å². The summed E-state index contributed by atoms with van der Waals surface area (Å²) in [4.78, 5) is 12.2. The molecule has 1 N–H and O–H groups in total. The van der Waals surface area contributed by atoms with E-state index in [0.29, 0.717) is 5.57 Å². The minimum atomic E-state index is -0.0557. The van der Waals surface area contributed by atoms with Crippen LogP contribution in [0.4, 0.5) is 5.69 Å². The van der Waals surface area contributed by atoms with Gasteiger partial charge in [0.05, 0.1) is 12.3 Å². The Kier molecular flexibility index (Phi) is 2.86.